The van der Waals surface area contributed by atoms with E-state index in [0.29, 0.717) is 23.7 Å². The lowest BCUT2D eigenvalue weighted by molar-refractivity contribution is -0.116. The smallest absolute Gasteiger partial charge is 0.225 e. The van der Waals surface area contributed by atoms with Crippen molar-refractivity contribution in [3.8, 4) is 6.07 Å². The van der Waals surface area contributed by atoms with Crippen LogP contribution in [0.25, 0.3) is 0 Å². The summed E-state index contributed by atoms with van der Waals surface area (Å²) >= 11 is 0. The standard InChI is InChI=1S/C16H21N3O/c1-12-8-13(2)19(11-12)7-6-16(20)18-15-5-3-4-14(9-15)10-17/h3-5,9,12-13H,6-8,11H2,1-2H3,(H,18,20). The van der Waals surface area contributed by atoms with E-state index in [-0.39, 0.29) is 5.91 Å². The summed E-state index contributed by atoms with van der Waals surface area (Å²) in [4.78, 5) is 14.3. The first-order chi connectivity index (χ1) is 9.58. The van der Waals surface area contributed by atoms with Crippen molar-refractivity contribution in [2.75, 3.05) is 18.4 Å². The summed E-state index contributed by atoms with van der Waals surface area (Å²) in [5.74, 6) is 0.729. The lowest BCUT2D eigenvalue weighted by Crippen LogP contribution is -2.30. The molecule has 1 aromatic rings. The van der Waals surface area contributed by atoms with Crippen molar-refractivity contribution in [3.63, 3.8) is 0 Å². The largest absolute Gasteiger partial charge is 0.326 e. The predicted octanol–water partition coefficient (Wildman–Crippen LogP) is 2.62. The van der Waals surface area contributed by atoms with Crippen LogP contribution in [-0.4, -0.2) is 29.9 Å². The van der Waals surface area contributed by atoms with E-state index in [4.69, 9.17) is 5.26 Å². The van der Waals surface area contributed by atoms with Gasteiger partial charge in [0.15, 0.2) is 0 Å². The van der Waals surface area contributed by atoms with Crippen molar-refractivity contribution in [2.24, 2.45) is 5.92 Å². The number of benzene rings is 1. The van der Waals surface area contributed by atoms with Gasteiger partial charge in [-0.3, -0.25) is 9.69 Å². The molecule has 1 aliphatic heterocycles. The Bertz CT molecular complexity index is 521. The number of amides is 1. The number of carbonyl (C=O) groups is 1. The minimum absolute atomic E-state index is 0.00634. The molecule has 4 heteroatoms. The Balaban J connectivity index is 1.82. The SMILES string of the molecule is CC1CC(C)N(CCC(=O)Nc2cccc(C#N)c2)C1. The Hall–Kier alpha value is -1.86. The van der Waals surface area contributed by atoms with Gasteiger partial charge in [0.1, 0.15) is 0 Å². The highest BCUT2D eigenvalue weighted by atomic mass is 16.1. The second-order valence-electron chi connectivity index (χ2n) is 5.68. The summed E-state index contributed by atoms with van der Waals surface area (Å²) in [6.45, 7) is 6.36. The molecule has 1 N–H and O–H groups in total. The average molecular weight is 271 g/mol. The number of likely N-dealkylation sites (tertiary alicyclic amines) is 1. The van der Waals surface area contributed by atoms with Crippen molar-refractivity contribution in [1.82, 2.24) is 4.90 Å². The fraction of sp³-hybridized carbons (Fsp3) is 0.500. The van der Waals surface area contributed by atoms with E-state index in [9.17, 15) is 4.79 Å². The van der Waals surface area contributed by atoms with E-state index in [0.717, 1.165) is 19.0 Å². The Morgan fingerprint density at radius 2 is 2.30 bits per heavy atom. The third kappa shape index (κ3) is 3.82. The van der Waals surface area contributed by atoms with Gasteiger partial charge in [-0.1, -0.05) is 13.0 Å². The fourth-order valence-corrected chi connectivity index (χ4v) is 2.83. The fourth-order valence-electron chi connectivity index (χ4n) is 2.83. The molecular formula is C16H21N3O. The van der Waals surface area contributed by atoms with E-state index in [1.807, 2.05) is 0 Å². The molecule has 1 amide bonds. The van der Waals surface area contributed by atoms with Crippen LogP contribution in [0.15, 0.2) is 24.3 Å². The maximum absolute atomic E-state index is 11.9. The molecule has 0 aliphatic carbocycles. The summed E-state index contributed by atoms with van der Waals surface area (Å²) in [5.41, 5.74) is 1.25. The molecule has 2 rings (SSSR count). The van der Waals surface area contributed by atoms with Crippen LogP contribution in [0.5, 0.6) is 0 Å². The molecule has 0 bridgehead atoms. The van der Waals surface area contributed by atoms with E-state index < -0.39 is 0 Å². The zero-order valence-corrected chi connectivity index (χ0v) is 12.1. The van der Waals surface area contributed by atoms with E-state index in [1.165, 1.54) is 6.42 Å². The first kappa shape index (κ1) is 14.5. The van der Waals surface area contributed by atoms with Crippen LogP contribution in [0.4, 0.5) is 5.69 Å². The zero-order chi connectivity index (χ0) is 14.5. The molecule has 20 heavy (non-hydrogen) atoms. The maximum Gasteiger partial charge on any atom is 0.225 e. The van der Waals surface area contributed by atoms with Crippen LogP contribution in [0.2, 0.25) is 0 Å². The lowest BCUT2D eigenvalue weighted by atomic mass is 10.1. The molecule has 0 radical (unpaired) electrons. The van der Waals surface area contributed by atoms with Gasteiger partial charge in [-0.25, -0.2) is 0 Å². The van der Waals surface area contributed by atoms with Crippen molar-refractivity contribution in [2.45, 2.75) is 32.7 Å². The number of hydrogen-bond donors (Lipinski definition) is 1. The number of rotatable bonds is 4. The second kappa shape index (κ2) is 6.53. The Morgan fingerprint density at radius 1 is 1.50 bits per heavy atom. The molecule has 1 aliphatic rings. The van der Waals surface area contributed by atoms with Gasteiger partial charge in [0.05, 0.1) is 11.6 Å². The van der Waals surface area contributed by atoms with Gasteiger partial charge < -0.3 is 5.32 Å². The number of hydrogen-bond acceptors (Lipinski definition) is 3. The quantitative estimate of drug-likeness (QED) is 0.915. The first-order valence-electron chi connectivity index (χ1n) is 7.12. The lowest BCUT2D eigenvalue weighted by Gasteiger charge is -2.20. The second-order valence-corrected chi connectivity index (χ2v) is 5.68. The topological polar surface area (TPSA) is 56.1 Å². The molecule has 1 saturated heterocycles. The third-order valence-corrected chi connectivity index (χ3v) is 3.81. The molecule has 1 fully saturated rings. The van der Waals surface area contributed by atoms with Crippen molar-refractivity contribution in [1.29, 1.82) is 5.26 Å². The molecule has 106 valence electrons. The van der Waals surface area contributed by atoms with Gasteiger partial charge in [0.25, 0.3) is 0 Å². The molecule has 0 aromatic heterocycles. The molecule has 1 aromatic carbocycles. The van der Waals surface area contributed by atoms with Crippen LogP contribution in [0.1, 0.15) is 32.3 Å². The van der Waals surface area contributed by atoms with Crippen LogP contribution in [0.3, 0.4) is 0 Å². The minimum Gasteiger partial charge on any atom is -0.326 e. The van der Waals surface area contributed by atoms with Gasteiger partial charge in [0, 0.05) is 31.2 Å². The monoisotopic (exact) mass is 271 g/mol. The van der Waals surface area contributed by atoms with E-state index in [2.05, 4.69) is 30.1 Å². The van der Waals surface area contributed by atoms with Crippen LogP contribution in [0, 0.1) is 17.2 Å². The zero-order valence-electron chi connectivity index (χ0n) is 12.1. The number of nitrogens with zero attached hydrogens (tertiary/aromatic N) is 2. The van der Waals surface area contributed by atoms with Crippen LogP contribution in [-0.2, 0) is 4.79 Å². The van der Waals surface area contributed by atoms with Gasteiger partial charge in [-0.15, -0.1) is 0 Å². The molecule has 0 saturated carbocycles. The first-order valence-corrected chi connectivity index (χ1v) is 7.12. The van der Waals surface area contributed by atoms with Gasteiger partial charge in [0.2, 0.25) is 5.91 Å². The van der Waals surface area contributed by atoms with Gasteiger partial charge in [-0.2, -0.15) is 5.26 Å². The van der Waals surface area contributed by atoms with E-state index >= 15 is 0 Å². The highest BCUT2D eigenvalue weighted by Gasteiger charge is 2.25. The summed E-state index contributed by atoms with van der Waals surface area (Å²) in [6, 6.07) is 9.64. The Morgan fingerprint density at radius 3 is 2.95 bits per heavy atom. The van der Waals surface area contributed by atoms with E-state index in [1.54, 1.807) is 24.3 Å². The Labute approximate surface area is 120 Å². The highest BCUT2D eigenvalue weighted by Crippen LogP contribution is 2.22. The highest BCUT2D eigenvalue weighted by molar-refractivity contribution is 5.90. The van der Waals surface area contributed by atoms with Crippen molar-refractivity contribution in [3.05, 3.63) is 29.8 Å². The summed E-state index contributed by atoms with van der Waals surface area (Å²) in [5, 5.41) is 11.7. The number of anilines is 1. The molecular weight excluding hydrogens is 250 g/mol. The van der Waals surface area contributed by atoms with Crippen molar-refractivity contribution < 1.29 is 4.79 Å². The molecule has 1 heterocycles. The van der Waals surface area contributed by atoms with Gasteiger partial charge in [-0.05, 0) is 37.5 Å². The molecule has 2 unspecified atom stereocenters. The summed E-state index contributed by atoms with van der Waals surface area (Å²) in [7, 11) is 0. The molecule has 2 atom stereocenters. The van der Waals surface area contributed by atoms with Gasteiger partial charge >= 0.3 is 0 Å². The minimum atomic E-state index is 0.00634. The van der Waals surface area contributed by atoms with Crippen LogP contribution >= 0.6 is 0 Å². The predicted molar refractivity (Wildman–Crippen MR) is 79.2 cm³/mol. The number of carbonyl (C=O) groups excluding carboxylic acids is 1. The summed E-state index contributed by atoms with van der Waals surface area (Å²) in [6.07, 6.45) is 1.71. The molecule has 0 spiro atoms. The van der Waals surface area contributed by atoms with Crippen LogP contribution < -0.4 is 5.32 Å². The normalized spacial score (nSPS) is 22.4. The summed E-state index contributed by atoms with van der Waals surface area (Å²) < 4.78 is 0. The number of nitriles is 1. The Kier molecular flexibility index (Phi) is 4.75. The number of nitrogens with one attached hydrogen (secondary N) is 1. The third-order valence-electron chi connectivity index (χ3n) is 3.81. The van der Waals surface area contributed by atoms with Crippen molar-refractivity contribution >= 4 is 11.6 Å². The average Bonchev–Trinajstić information content (AvgIpc) is 2.75. The maximum atomic E-state index is 11.9. The molecule has 4 nitrogen and oxygen atoms in total.